The fraction of sp³-hybridized carbons (Fsp3) is 0.400. The van der Waals surface area contributed by atoms with Crippen LogP contribution in [-0.2, 0) is 0 Å². The van der Waals surface area contributed by atoms with Crippen LogP contribution in [0.1, 0.15) is 6.42 Å². The van der Waals surface area contributed by atoms with Crippen molar-refractivity contribution < 1.29 is 5.11 Å². The van der Waals surface area contributed by atoms with Crippen LogP contribution in [0.2, 0.25) is 5.02 Å². The maximum atomic E-state index is 9.37. The van der Waals surface area contributed by atoms with E-state index in [4.69, 9.17) is 11.6 Å². The summed E-state index contributed by atoms with van der Waals surface area (Å²) >= 11 is 6.03. The van der Waals surface area contributed by atoms with Crippen LogP contribution in [0.15, 0.2) is 24.3 Å². The van der Waals surface area contributed by atoms with Crippen molar-refractivity contribution in [3.8, 4) is 0 Å². The minimum atomic E-state index is -0.198. The topological polar surface area (TPSA) is 23.5 Å². The third-order valence-corrected chi connectivity index (χ3v) is 2.68. The molecule has 13 heavy (non-hydrogen) atoms. The van der Waals surface area contributed by atoms with Gasteiger partial charge in [0.05, 0.1) is 16.8 Å². The van der Waals surface area contributed by atoms with Crippen LogP contribution in [0.5, 0.6) is 0 Å². The maximum Gasteiger partial charge on any atom is 0.0731 e. The van der Waals surface area contributed by atoms with Crippen molar-refractivity contribution in [1.29, 1.82) is 0 Å². The lowest BCUT2D eigenvalue weighted by molar-refractivity contribution is 0.198. The fourth-order valence-electron chi connectivity index (χ4n) is 1.67. The summed E-state index contributed by atoms with van der Waals surface area (Å²) in [4.78, 5) is 2.12. The van der Waals surface area contributed by atoms with E-state index in [-0.39, 0.29) is 6.10 Å². The number of anilines is 1. The van der Waals surface area contributed by atoms with Gasteiger partial charge in [0.15, 0.2) is 0 Å². The largest absolute Gasteiger partial charge is 0.391 e. The van der Waals surface area contributed by atoms with E-state index in [2.05, 4.69) is 4.90 Å². The average molecular weight is 198 g/mol. The molecule has 1 aliphatic heterocycles. The normalized spacial score (nSPS) is 22.3. The van der Waals surface area contributed by atoms with Gasteiger partial charge in [0.25, 0.3) is 0 Å². The monoisotopic (exact) mass is 197 g/mol. The molecule has 0 radical (unpaired) electrons. The Morgan fingerprint density at radius 2 is 2.15 bits per heavy atom. The van der Waals surface area contributed by atoms with E-state index in [1.807, 2.05) is 24.3 Å². The van der Waals surface area contributed by atoms with Gasteiger partial charge < -0.3 is 10.0 Å². The number of nitrogens with zero attached hydrogens (tertiary/aromatic N) is 1. The molecule has 0 amide bonds. The van der Waals surface area contributed by atoms with E-state index >= 15 is 0 Å². The van der Waals surface area contributed by atoms with Crippen LogP contribution in [0.25, 0.3) is 0 Å². The second-order valence-corrected chi connectivity index (χ2v) is 3.75. The zero-order chi connectivity index (χ0) is 9.26. The highest BCUT2D eigenvalue weighted by molar-refractivity contribution is 6.33. The number of β-amino-alcohol motifs (C(OH)–C–C–N with tert-alkyl or cyclic N) is 1. The van der Waals surface area contributed by atoms with Crippen molar-refractivity contribution in [2.75, 3.05) is 18.0 Å². The lowest BCUT2D eigenvalue weighted by Crippen LogP contribution is -2.21. The van der Waals surface area contributed by atoms with Crippen LogP contribution in [-0.4, -0.2) is 24.3 Å². The SMILES string of the molecule is OC1CCN(c2ccccc2Cl)C1. The number of benzene rings is 1. The molecule has 1 unspecified atom stereocenters. The van der Waals surface area contributed by atoms with E-state index in [0.717, 1.165) is 23.7 Å². The number of hydrogen-bond donors (Lipinski definition) is 1. The summed E-state index contributed by atoms with van der Waals surface area (Å²) < 4.78 is 0. The molecule has 0 bridgehead atoms. The van der Waals surface area contributed by atoms with Crippen LogP contribution >= 0.6 is 11.6 Å². The zero-order valence-electron chi connectivity index (χ0n) is 7.28. The molecule has 1 aromatic carbocycles. The Kier molecular flexibility index (Phi) is 2.42. The summed E-state index contributed by atoms with van der Waals surface area (Å²) in [6.07, 6.45) is 0.641. The van der Waals surface area contributed by atoms with E-state index in [0.29, 0.717) is 6.54 Å². The summed E-state index contributed by atoms with van der Waals surface area (Å²) in [6.45, 7) is 1.59. The van der Waals surface area contributed by atoms with Crippen LogP contribution in [0, 0.1) is 0 Å². The van der Waals surface area contributed by atoms with Crippen LogP contribution in [0.3, 0.4) is 0 Å². The van der Waals surface area contributed by atoms with Gasteiger partial charge in [0.1, 0.15) is 0 Å². The van der Waals surface area contributed by atoms with Gasteiger partial charge in [-0.3, -0.25) is 0 Å². The van der Waals surface area contributed by atoms with Gasteiger partial charge in [-0.2, -0.15) is 0 Å². The van der Waals surface area contributed by atoms with Crippen LogP contribution < -0.4 is 4.90 Å². The molecule has 1 heterocycles. The maximum absolute atomic E-state index is 9.37. The van der Waals surface area contributed by atoms with Crippen molar-refractivity contribution in [2.45, 2.75) is 12.5 Å². The van der Waals surface area contributed by atoms with Gasteiger partial charge in [-0.25, -0.2) is 0 Å². The first-order valence-corrected chi connectivity index (χ1v) is 4.83. The molecule has 2 rings (SSSR count). The third kappa shape index (κ3) is 1.79. The quantitative estimate of drug-likeness (QED) is 0.744. The molecule has 1 atom stereocenters. The standard InChI is InChI=1S/C10H12ClNO/c11-9-3-1-2-4-10(9)12-6-5-8(13)7-12/h1-4,8,13H,5-7H2. The van der Waals surface area contributed by atoms with Crippen LogP contribution in [0.4, 0.5) is 5.69 Å². The molecular weight excluding hydrogens is 186 g/mol. The predicted molar refractivity (Wildman–Crippen MR) is 54.3 cm³/mol. The minimum Gasteiger partial charge on any atom is -0.391 e. The van der Waals surface area contributed by atoms with Gasteiger partial charge in [0, 0.05) is 13.1 Å². The molecule has 0 aliphatic carbocycles. The molecule has 1 saturated heterocycles. The predicted octanol–water partition coefficient (Wildman–Crippen LogP) is 1.91. The molecule has 0 saturated carbocycles. The smallest absolute Gasteiger partial charge is 0.0731 e. The van der Waals surface area contributed by atoms with Crippen molar-refractivity contribution in [2.24, 2.45) is 0 Å². The Balaban J connectivity index is 2.21. The summed E-state index contributed by atoms with van der Waals surface area (Å²) in [5.74, 6) is 0. The van der Waals surface area contributed by atoms with Gasteiger partial charge >= 0.3 is 0 Å². The number of aliphatic hydroxyl groups is 1. The van der Waals surface area contributed by atoms with Gasteiger partial charge in [-0.05, 0) is 18.6 Å². The molecule has 1 N–H and O–H groups in total. The van der Waals surface area contributed by atoms with Crippen molar-refractivity contribution in [3.63, 3.8) is 0 Å². The Morgan fingerprint density at radius 3 is 2.77 bits per heavy atom. The van der Waals surface area contributed by atoms with Crippen molar-refractivity contribution >= 4 is 17.3 Å². The first-order valence-electron chi connectivity index (χ1n) is 4.45. The number of para-hydroxylation sites is 1. The van der Waals surface area contributed by atoms with E-state index in [1.165, 1.54) is 0 Å². The summed E-state index contributed by atoms with van der Waals surface area (Å²) in [7, 11) is 0. The second kappa shape index (κ2) is 3.56. The molecular formula is C10H12ClNO. The molecule has 1 fully saturated rings. The molecule has 2 nitrogen and oxygen atoms in total. The molecule has 1 aromatic rings. The minimum absolute atomic E-state index is 0.198. The average Bonchev–Trinajstić information content (AvgIpc) is 2.53. The summed E-state index contributed by atoms with van der Waals surface area (Å²) in [6, 6.07) is 7.74. The highest BCUT2D eigenvalue weighted by Gasteiger charge is 2.21. The Labute approximate surface area is 82.7 Å². The highest BCUT2D eigenvalue weighted by atomic mass is 35.5. The van der Waals surface area contributed by atoms with Crippen molar-refractivity contribution in [1.82, 2.24) is 0 Å². The second-order valence-electron chi connectivity index (χ2n) is 3.34. The first-order chi connectivity index (χ1) is 6.27. The third-order valence-electron chi connectivity index (χ3n) is 2.36. The molecule has 0 spiro atoms. The van der Waals surface area contributed by atoms with E-state index in [1.54, 1.807) is 0 Å². The molecule has 0 aromatic heterocycles. The molecule has 3 heteroatoms. The Hall–Kier alpha value is -0.730. The first kappa shape index (κ1) is 8.85. The lowest BCUT2D eigenvalue weighted by atomic mass is 10.3. The number of aliphatic hydroxyl groups excluding tert-OH is 1. The van der Waals surface area contributed by atoms with Gasteiger partial charge in [-0.15, -0.1) is 0 Å². The van der Waals surface area contributed by atoms with E-state index < -0.39 is 0 Å². The summed E-state index contributed by atoms with van der Waals surface area (Å²) in [5, 5.41) is 10.1. The van der Waals surface area contributed by atoms with Gasteiger partial charge in [-0.1, -0.05) is 23.7 Å². The summed E-state index contributed by atoms with van der Waals surface area (Å²) in [5.41, 5.74) is 1.03. The fourth-order valence-corrected chi connectivity index (χ4v) is 1.92. The Bertz CT molecular complexity index is 303. The number of halogens is 1. The lowest BCUT2D eigenvalue weighted by Gasteiger charge is -2.18. The van der Waals surface area contributed by atoms with Crippen molar-refractivity contribution in [3.05, 3.63) is 29.3 Å². The van der Waals surface area contributed by atoms with E-state index in [9.17, 15) is 5.11 Å². The zero-order valence-corrected chi connectivity index (χ0v) is 8.04. The number of rotatable bonds is 1. The van der Waals surface area contributed by atoms with Gasteiger partial charge in [0.2, 0.25) is 0 Å². The molecule has 1 aliphatic rings. The molecule has 70 valence electrons. The number of hydrogen-bond acceptors (Lipinski definition) is 2. The highest BCUT2D eigenvalue weighted by Crippen LogP contribution is 2.27. The Morgan fingerprint density at radius 1 is 1.38 bits per heavy atom.